The third-order valence-electron chi connectivity index (χ3n) is 4.97. The van der Waals surface area contributed by atoms with Gasteiger partial charge in [0.15, 0.2) is 0 Å². The molecule has 2 atom stereocenters. The lowest BCUT2D eigenvalue weighted by Gasteiger charge is -2.27. The monoisotopic (exact) mass is 380 g/mol. The number of sulfonamides is 1. The molecule has 26 heavy (non-hydrogen) atoms. The molecule has 1 fully saturated rings. The van der Waals surface area contributed by atoms with Gasteiger partial charge in [-0.25, -0.2) is 8.42 Å². The summed E-state index contributed by atoms with van der Waals surface area (Å²) in [6.45, 7) is 3.46. The van der Waals surface area contributed by atoms with Gasteiger partial charge >= 0.3 is 0 Å². The van der Waals surface area contributed by atoms with E-state index in [1.54, 1.807) is 17.0 Å². The van der Waals surface area contributed by atoms with E-state index in [0.717, 1.165) is 10.7 Å². The molecule has 1 amide bonds. The molecule has 0 saturated carbocycles. The van der Waals surface area contributed by atoms with E-state index in [0.29, 0.717) is 18.7 Å². The van der Waals surface area contributed by atoms with E-state index in [4.69, 9.17) is 4.74 Å². The Labute approximate surface area is 153 Å². The highest BCUT2D eigenvalue weighted by Crippen LogP contribution is 2.23. The number of carbonyl (C=O) groups is 1. The summed E-state index contributed by atoms with van der Waals surface area (Å²) in [5, 5.41) is 9.91. The molecule has 0 aliphatic carbocycles. The van der Waals surface area contributed by atoms with Crippen molar-refractivity contribution < 1.29 is 23.1 Å². The zero-order valence-electron chi connectivity index (χ0n) is 15.0. The first-order chi connectivity index (χ1) is 12.3. The zero-order chi connectivity index (χ0) is 18.9. The van der Waals surface area contributed by atoms with Gasteiger partial charge in [-0.05, 0) is 31.5 Å². The van der Waals surface area contributed by atoms with Gasteiger partial charge in [-0.15, -0.1) is 0 Å². The van der Waals surface area contributed by atoms with Gasteiger partial charge in [0.25, 0.3) is 5.91 Å². The van der Waals surface area contributed by atoms with Crippen LogP contribution in [-0.2, 0) is 14.8 Å². The normalized spacial score (nSPS) is 24.0. The summed E-state index contributed by atoms with van der Waals surface area (Å²) in [5.41, 5.74) is 1.60. The van der Waals surface area contributed by atoms with Crippen molar-refractivity contribution in [2.24, 2.45) is 0 Å². The van der Waals surface area contributed by atoms with Crippen LogP contribution < -0.4 is 0 Å². The quantitative estimate of drug-likeness (QED) is 0.783. The van der Waals surface area contributed by atoms with Gasteiger partial charge in [0.05, 0.1) is 30.3 Å². The fourth-order valence-electron chi connectivity index (χ4n) is 3.15. The second kappa shape index (κ2) is 7.48. The van der Waals surface area contributed by atoms with Gasteiger partial charge < -0.3 is 14.7 Å². The fourth-order valence-corrected chi connectivity index (χ4v) is 4.57. The minimum atomic E-state index is -3.84. The van der Waals surface area contributed by atoms with E-state index in [1.807, 2.05) is 13.0 Å². The van der Waals surface area contributed by atoms with Gasteiger partial charge in [0.1, 0.15) is 0 Å². The predicted octanol–water partition coefficient (Wildman–Crippen LogP) is 0.859. The maximum absolute atomic E-state index is 12.9. The van der Waals surface area contributed by atoms with Gasteiger partial charge in [0.2, 0.25) is 10.0 Å². The molecule has 2 aliphatic rings. The Morgan fingerprint density at radius 3 is 2.73 bits per heavy atom. The van der Waals surface area contributed by atoms with Crippen molar-refractivity contribution in [1.82, 2.24) is 9.21 Å². The fraction of sp³-hybridized carbons (Fsp3) is 0.500. The molecule has 1 saturated heterocycles. The molecule has 3 rings (SSSR count). The van der Waals surface area contributed by atoms with Crippen molar-refractivity contribution in [2.45, 2.75) is 30.4 Å². The molecule has 0 bridgehead atoms. The number of amides is 1. The number of aliphatic hydroxyl groups is 1. The van der Waals surface area contributed by atoms with Crippen LogP contribution in [0.5, 0.6) is 0 Å². The Hall–Kier alpha value is -1.74. The van der Waals surface area contributed by atoms with Crippen LogP contribution in [0.1, 0.15) is 23.7 Å². The Morgan fingerprint density at radius 2 is 2.12 bits per heavy atom. The maximum atomic E-state index is 12.9. The topological polar surface area (TPSA) is 87.2 Å². The number of rotatable bonds is 4. The molecule has 0 unspecified atom stereocenters. The molecular formula is C18H24N2O5S. The van der Waals surface area contributed by atoms with E-state index in [1.165, 1.54) is 24.8 Å². The largest absolute Gasteiger partial charge is 0.389 e. The number of likely N-dealkylation sites (N-methyl/N-ethyl adjacent to an activating group) is 1. The average molecular weight is 380 g/mol. The minimum absolute atomic E-state index is 0.0358. The van der Waals surface area contributed by atoms with Crippen LogP contribution in [0.4, 0.5) is 0 Å². The van der Waals surface area contributed by atoms with Crippen molar-refractivity contribution in [2.75, 3.05) is 33.4 Å². The molecule has 0 aromatic heterocycles. The van der Waals surface area contributed by atoms with Crippen molar-refractivity contribution in [3.8, 4) is 0 Å². The molecule has 8 heteroatoms. The number of carbonyl (C=O) groups excluding carboxylic acids is 1. The molecule has 2 heterocycles. The zero-order valence-corrected chi connectivity index (χ0v) is 15.8. The van der Waals surface area contributed by atoms with E-state index in [-0.39, 0.29) is 24.0 Å². The lowest BCUT2D eigenvalue weighted by Crippen LogP contribution is -2.44. The molecule has 1 aromatic carbocycles. The molecule has 0 spiro atoms. The summed E-state index contributed by atoms with van der Waals surface area (Å²) in [5.74, 6) is -0.183. The van der Waals surface area contributed by atoms with E-state index in [2.05, 4.69) is 0 Å². The highest BCUT2D eigenvalue weighted by molar-refractivity contribution is 7.89. The number of nitrogens with zero attached hydrogens (tertiary/aromatic N) is 2. The summed E-state index contributed by atoms with van der Waals surface area (Å²) in [7, 11) is -2.42. The summed E-state index contributed by atoms with van der Waals surface area (Å²) in [6, 6.07) is 5.43. The standard InChI is InChI=1S/C18H24N2O5S/c1-13-6-8-20(9-7-13)18(22)14-4-3-5-15(10-14)26(23,24)19(2)16-11-25-12-17(16)21/h3-6,10,16-17,21H,7-9,11-12H2,1-2H3/t16-,17-/m0/s1. The number of hydrogen-bond acceptors (Lipinski definition) is 5. The Morgan fingerprint density at radius 1 is 1.35 bits per heavy atom. The lowest BCUT2D eigenvalue weighted by molar-refractivity contribution is 0.0768. The van der Waals surface area contributed by atoms with Gasteiger partial charge in [-0.1, -0.05) is 17.7 Å². The van der Waals surface area contributed by atoms with Gasteiger partial charge in [-0.2, -0.15) is 4.31 Å². The first-order valence-electron chi connectivity index (χ1n) is 8.59. The van der Waals surface area contributed by atoms with E-state index in [9.17, 15) is 18.3 Å². The minimum Gasteiger partial charge on any atom is -0.389 e. The number of aliphatic hydroxyl groups excluding tert-OH is 1. The lowest BCUT2D eigenvalue weighted by atomic mass is 10.1. The summed E-state index contributed by atoms with van der Waals surface area (Å²) in [6.07, 6.45) is 1.98. The number of benzene rings is 1. The van der Waals surface area contributed by atoms with Crippen LogP contribution in [0, 0.1) is 0 Å². The average Bonchev–Trinajstić information content (AvgIpc) is 3.07. The first kappa shape index (κ1) is 19.0. The first-order valence-corrected chi connectivity index (χ1v) is 10.0. The van der Waals surface area contributed by atoms with Crippen LogP contribution in [0.3, 0.4) is 0 Å². The molecule has 1 N–H and O–H groups in total. The second-order valence-electron chi connectivity index (χ2n) is 6.77. The van der Waals surface area contributed by atoms with Gasteiger partial charge in [-0.3, -0.25) is 4.79 Å². The van der Waals surface area contributed by atoms with E-state index >= 15 is 0 Å². The Kier molecular flexibility index (Phi) is 5.47. The van der Waals surface area contributed by atoms with Crippen molar-refractivity contribution >= 4 is 15.9 Å². The van der Waals surface area contributed by atoms with E-state index < -0.39 is 22.2 Å². The number of ether oxygens (including phenoxy) is 1. The predicted molar refractivity (Wildman–Crippen MR) is 96.3 cm³/mol. The molecule has 7 nitrogen and oxygen atoms in total. The van der Waals surface area contributed by atoms with Crippen LogP contribution in [-0.4, -0.2) is 74.1 Å². The SMILES string of the molecule is CC1=CCN(C(=O)c2cccc(S(=O)(=O)N(C)[C@H]3COC[C@@H]3O)c2)CC1. The molecule has 0 radical (unpaired) electrons. The second-order valence-corrected chi connectivity index (χ2v) is 8.77. The third kappa shape index (κ3) is 3.68. The third-order valence-corrected chi connectivity index (χ3v) is 6.85. The van der Waals surface area contributed by atoms with Gasteiger partial charge in [0, 0.05) is 25.7 Å². The highest BCUT2D eigenvalue weighted by atomic mass is 32.2. The summed E-state index contributed by atoms with van der Waals surface area (Å²) >= 11 is 0. The number of hydrogen-bond donors (Lipinski definition) is 1. The maximum Gasteiger partial charge on any atom is 0.254 e. The smallest absolute Gasteiger partial charge is 0.254 e. The highest BCUT2D eigenvalue weighted by Gasteiger charge is 2.36. The molecule has 142 valence electrons. The van der Waals surface area contributed by atoms with Crippen LogP contribution in [0.15, 0.2) is 40.8 Å². The van der Waals surface area contributed by atoms with Crippen LogP contribution in [0.25, 0.3) is 0 Å². The Bertz CT molecular complexity index is 821. The van der Waals surface area contributed by atoms with Crippen molar-refractivity contribution in [3.05, 3.63) is 41.5 Å². The van der Waals surface area contributed by atoms with Crippen LogP contribution in [0.2, 0.25) is 0 Å². The summed E-state index contributed by atoms with van der Waals surface area (Å²) in [4.78, 5) is 14.4. The summed E-state index contributed by atoms with van der Waals surface area (Å²) < 4.78 is 32.0. The molecule has 2 aliphatic heterocycles. The Balaban J connectivity index is 1.83. The molecule has 1 aromatic rings. The van der Waals surface area contributed by atoms with Crippen LogP contribution >= 0.6 is 0 Å². The van der Waals surface area contributed by atoms with Crippen molar-refractivity contribution in [3.63, 3.8) is 0 Å². The van der Waals surface area contributed by atoms with Crippen molar-refractivity contribution in [1.29, 1.82) is 0 Å². The molecular weight excluding hydrogens is 356 g/mol.